The molecule has 0 N–H and O–H groups in total. The molecule has 1 atom stereocenters. The van der Waals surface area contributed by atoms with Crippen LogP contribution in [0, 0.1) is 0 Å². The van der Waals surface area contributed by atoms with Crippen LogP contribution in [0.5, 0.6) is 17.2 Å². The summed E-state index contributed by atoms with van der Waals surface area (Å²) < 4.78 is 18.8. The van der Waals surface area contributed by atoms with Crippen LogP contribution >= 0.6 is 15.9 Å². The molecule has 0 fully saturated rings. The summed E-state index contributed by atoms with van der Waals surface area (Å²) in [4.78, 5) is 6.98. The topological polar surface area (TPSA) is 43.8 Å². The zero-order chi connectivity index (χ0) is 19.4. The van der Waals surface area contributed by atoms with Crippen molar-refractivity contribution in [3.63, 3.8) is 0 Å². The molecule has 1 aromatic heterocycles. The third kappa shape index (κ3) is 2.62. The van der Waals surface area contributed by atoms with E-state index in [1.54, 1.807) is 0 Å². The van der Waals surface area contributed by atoms with Crippen molar-refractivity contribution in [2.24, 2.45) is 0 Å². The zero-order valence-corrected chi connectivity index (χ0v) is 17.3. The van der Waals surface area contributed by atoms with Gasteiger partial charge in [0, 0.05) is 34.5 Å². The van der Waals surface area contributed by atoms with Crippen LogP contribution in [0.25, 0.3) is 0 Å². The Morgan fingerprint density at radius 1 is 0.931 bits per heavy atom. The number of rotatable bonds is 2. The molecule has 6 heteroatoms. The van der Waals surface area contributed by atoms with Crippen molar-refractivity contribution in [1.82, 2.24) is 4.98 Å². The smallest absolute Gasteiger partial charge is 0.165 e. The van der Waals surface area contributed by atoms with E-state index in [-0.39, 0.29) is 5.41 Å². The number of hydrogen-bond acceptors (Lipinski definition) is 5. The molecule has 29 heavy (non-hydrogen) atoms. The molecule has 3 aliphatic heterocycles. The lowest BCUT2D eigenvalue weighted by molar-refractivity contribution is 0.171. The van der Waals surface area contributed by atoms with E-state index in [0.717, 1.165) is 40.5 Å². The van der Waals surface area contributed by atoms with Crippen molar-refractivity contribution in [3.8, 4) is 17.2 Å². The maximum atomic E-state index is 6.19. The monoisotopic (exact) mass is 450 g/mol. The highest BCUT2D eigenvalue weighted by Gasteiger charge is 2.50. The highest BCUT2D eigenvalue weighted by Crippen LogP contribution is 2.54. The van der Waals surface area contributed by atoms with E-state index >= 15 is 0 Å². The second-order valence-corrected chi connectivity index (χ2v) is 8.62. The van der Waals surface area contributed by atoms with Gasteiger partial charge in [0.2, 0.25) is 0 Å². The van der Waals surface area contributed by atoms with Gasteiger partial charge in [0.25, 0.3) is 0 Å². The first-order chi connectivity index (χ1) is 14.2. The van der Waals surface area contributed by atoms with Crippen LogP contribution in [0.1, 0.15) is 16.8 Å². The lowest BCUT2D eigenvalue weighted by Gasteiger charge is -2.26. The van der Waals surface area contributed by atoms with E-state index < -0.39 is 0 Å². The second kappa shape index (κ2) is 6.39. The number of anilines is 1. The summed E-state index contributed by atoms with van der Waals surface area (Å²) >= 11 is 3.47. The molecule has 0 bridgehead atoms. The Morgan fingerprint density at radius 3 is 2.59 bits per heavy atom. The number of aromatic nitrogens is 1. The molecule has 0 amide bonds. The molecule has 0 radical (unpaired) electrons. The third-order valence-electron chi connectivity index (χ3n) is 6.00. The fourth-order valence-corrected chi connectivity index (χ4v) is 4.92. The molecule has 1 unspecified atom stereocenters. The first-order valence-electron chi connectivity index (χ1n) is 9.75. The summed E-state index contributed by atoms with van der Waals surface area (Å²) in [6.07, 6.45) is 1.85. The fourth-order valence-electron chi connectivity index (χ4n) is 4.68. The van der Waals surface area contributed by atoms with Crippen LogP contribution in [-0.2, 0) is 12.0 Å². The Hall–Kier alpha value is -2.73. The fraction of sp³-hybridized carbons (Fsp3) is 0.261. The predicted molar refractivity (Wildman–Crippen MR) is 113 cm³/mol. The normalized spacial score (nSPS) is 21.1. The Balaban J connectivity index is 1.43. The SMILES string of the molecule is Brc1ccc(CN2CC3(COc4cc5c(cc43)OCCO5)c3ccccc32)nc1. The molecular formula is C23H19BrN2O3. The number of para-hydroxylation sites is 1. The number of ether oxygens (including phenoxy) is 3. The molecule has 0 aliphatic carbocycles. The summed E-state index contributed by atoms with van der Waals surface area (Å²) in [5.41, 5.74) is 4.55. The van der Waals surface area contributed by atoms with Gasteiger partial charge in [-0.25, -0.2) is 0 Å². The Labute approximate surface area is 177 Å². The van der Waals surface area contributed by atoms with E-state index in [1.165, 1.54) is 16.8 Å². The quantitative estimate of drug-likeness (QED) is 0.581. The van der Waals surface area contributed by atoms with Crippen molar-refractivity contribution >= 4 is 21.6 Å². The first kappa shape index (κ1) is 17.2. The van der Waals surface area contributed by atoms with Gasteiger partial charge in [-0.2, -0.15) is 0 Å². The van der Waals surface area contributed by atoms with E-state index in [0.29, 0.717) is 19.8 Å². The average molecular weight is 451 g/mol. The summed E-state index contributed by atoms with van der Waals surface area (Å²) in [6.45, 7) is 3.38. The van der Waals surface area contributed by atoms with Crippen LogP contribution < -0.4 is 19.1 Å². The van der Waals surface area contributed by atoms with Crippen molar-refractivity contribution in [2.45, 2.75) is 12.0 Å². The number of hydrogen-bond donors (Lipinski definition) is 0. The lowest BCUT2D eigenvalue weighted by atomic mass is 9.77. The van der Waals surface area contributed by atoms with Gasteiger partial charge in [-0.3, -0.25) is 4.98 Å². The minimum atomic E-state index is -0.211. The van der Waals surface area contributed by atoms with Gasteiger partial charge < -0.3 is 19.1 Å². The summed E-state index contributed by atoms with van der Waals surface area (Å²) in [7, 11) is 0. The van der Waals surface area contributed by atoms with Gasteiger partial charge in [0.15, 0.2) is 11.5 Å². The number of halogens is 1. The standard InChI is InChI=1S/C23H19BrN2O3/c24-15-5-6-16(25-11-15)12-26-13-23(17-3-1-2-4-19(17)26)14-29-20-10-22-21(9-18(20)23)27-7-8-28-22/h1-6,9-11H,7-8,12-14H2. The third-order valence-corrected chi connectivity index (χ3v) is 6.47. The van der Waals surface area contributed by atoms with Crippen LogP contribution in [0.3, 0.4) is 0 Å². The highest BCUT2D eigenvalue weighted by atomic mass is 79.9. The van der Waals surface area contributed by atoms with E-state index in [1.807, 2.05) is 18.3 Å². The van der Waals surface area contributed by atoms with Crippen LogP contribution in [-0.4, -0.2) is 31.3 Å². The van der Waals surface area contributed by atoms with Gasteiger partial charge in [0.05, 0.1) is 17.7 Å². The van der Waals surface area contributed by atoms with Crippen molar-refractivity contribution in [1.29, 1.82) is 0 Å². The molecule has 6 rings (SSSR count). The van der Waals surface area contributed by atoms with Crippen LogP contribution in [0.4, 0.5) is 5.69 Å². The molecule has 1 spiro atoms. The van der Waals surface area contributed by atoms with Crippen LogP contribution in [0.2, 0.25) is 0 Å². The minimum absolute atomic E-state index is 0.211. The van der Waals surface area contributed by atoms with Gasteiger partial charge in [0.1, 0.15) is 25.6 Å². The van der Waals surface area contributed by atoms with Crippen LogP contribution in [0.15, 0.2) is 59.2 Å². The molecule has 0 saturated carbocycles. The first-order valence-corrected chi connectivity index (χ1v) is 10.5. The predicted octanol–water partition coefficient (Wildman–Crippen LogP) is 4.31. The Kier molecular flexibility index (Phi) is 3.78. The highest BCUT2D eigenvalue weighted by molar-refractivity contribution is 9.10. The van der Waals surface area contributed by atoms with Crippen molar-refractivity contribution in [2.75, 3.05) is 31.3 Å². The molecule has 4 heterocycles. The number of fused-ring (bicyclic) bond motifs is 5. The van der Waals surface area contributed by atoms with E-state index in [2.05, 4.69) is 62.2 Å². The van der Waals surface area contributed by atoms with Crippen molar-refractivity contribution in [3.05, 3.63) is 76.0 Å². The maximum Gasteiger partial charge on any atom is 0.165 e. The summed E-state index contributed by atoms with van der Waals surface area (Å²) in [5.74, 6) is 2.48. The number of benzene rings is 2. The van der Waals surface area contributed by atoms with E-state index in [4.69, 9.17) is 14.2 Å². The summed E-state index contributed by atoms with van der Waals surface area (Å²) in [5, 5.41) is 0. The van der Waals surface area contributed by atoms with Crippen molar-refractivity contribution < 1.29 is 14.2 Å². The second-order valence-electron chi connectivity index (χ2n) is 7.70. The molecule has 5 nitrogen and oxygen atoms in total. The average Bonchev–Trinajstić information content (AvgIpc) is 3.27. The minimum Gasteiger partial charge on any atom is -0.492 e. The van der Waals surface area contributed by atoms with Gasteiger partial charge >= 0.3 is 0 Å². The van der Waals surface area contributed by atoms with Gasteiger partial charge in [-0.05, 0) is 45.8 Å². The molecule has 3 aromatic rings. The lowest BCUT2D eigenvalue weighted by Crippen LogP contribution is -2.36. The molecule has 0 saturated heterocycles. The Morgan fingerprint density at radius 2 is 1.76 bits per heavy atom. The maximum absolute atomic E-state index is 6.19. The molecule has 146 valence electrons. The zero-order valence-electron chi connectivity index (χ0n) is 15.7. The largest absolute Gasteiger partial charge is 0.492 e. The van der Waals surface area contributed by atoms with Gasteiger partial charge in [-0.15, -0.1) is 0 Å². The Bertz CT molecular complexity index is 1100. The number of nitrogens with zero attached hydrogens (tertiary/aromatic N) is 2. The molecule has 3 aliphatic rings. The summed E-state index contributed by atoms with van der Waals surface area (Å²) in [6, 6.07) is 16.8. The van der Waals surface area contributed by atoms with E-state index in [9.17, 15) is 0 Å². The molecular weight excluding hydrogens is 432 g/mol. The number of pyridine rings is 1. The van der Waals surface area contributed by atoms with Gasteiger partial charge in [-0.1, -0.05) is 18.2 Å². The molecule has 2 aromatic carbocycles.